The van der Waals surface area contributed by atoms with Crippen LogP contribution in [0.3, 0.4) is 0 Å². The van der Waals surface area contributed by atoms with Gasteiger partial charge in [-0.3, -0.25) is 4.79 Å². The average Bonchev–Trinajstić information content (AvgIpc) is 3.59. The number of carbonyl (C=O) groups excluding carboxylic acids is 3. The number of hydrogen-bond donors (Lipinski definition) is 1. The Morgan fingerprint density at radius 1 is 1.19 bits per heavy atom. The first-order valence-corrected chi connectivity index (χ1v) is 15.0. The molecule has 2 fully saturated rings. The third-order valence-electron chi connectivity index (χ3n) is 8.92. The first kappa shape index (κ1) is 30.6. The van der Waals surface area contributed by atoms with Crippen LogP contribution in [-0.2, 0) is 20.2 Å². The number of aromatic nitrogens is 1. The summed E-state index contributed by atoms with van der Waals surface area (Å²) in [6.45, 7) is 7.20. The van der Waals surface area contributed by atoms with Crippen LogP contribution in [-0.4, -0.2) is 59.0 Å². The van der Waals surface area contributed by atoms with Crippen molar-refractivity contribution in [3.05, 3.63) is 35.4 Å². The average molecular weight is 597 g/mol. The Morgan fingerprint density at radius 3 is 2.63 bits per heavy atom. The van der Waals surface area contributed by atoms with Gasteiger partial charge in [-0.05, 0) is 55.2 Å². The number of pyridine rings is 1. The van der Waals surface area contributed by atoms with Crippen molar-refractivity contribution in [2.75, 3.05) is 6.54 Å². The number of nitrogens with zero attached hydrogens (tertiary/aromatic N) is 3. The molecule has 11 heteroatoms. The predicted octanol–water partition coefficient (Wildman–Crippen LogP) is 5.48. The molecule has 3 heterocycles. The molecule has 1 aromatic carbocycles. The van der Waals surface area contributed by atoms with E-state index in [0.717, 1.165) is 0 Å². The summed E-state index contributed by atoms with van der Waals surface area (Å²) in [6, 6.07) is 6.17. The monoisotopic (exact) mass is 596 g/mol. The molecule has 3 aliphatic rings. The number of carbonyl (C=O) groups is 3. The Hall–Kier alpha value is -3.81. The van der Waals surface area contributed by atoms with E-state index < -0.39 is 53.9 Å². The second-order valence-corrected chi connectivity index (χ2v) is 13.0. The van der Waals surface area contributed by atoms with Crippen LogP contribution >= 0.6 is 0 Å². The van der Waals surface area contributed by atoms with Crippen LogP contribution in [0.5, 0.6) is 5.88 Å². The van der Waals surface area contributed by atoms with Gasteiger partial charge in [0, 0.05) is 17.7 Å². The Balaban J connectivity index is 1.58. The molecule has 5 rings (SSSR count). The molecule has 43 heavy (non-hydrogen) atoms. The lowest BCUT2D eigenvalue weighted by atomic mass is 9.85. The maximum atomic E-state index is 15.9. The van der Waals surface area contributed by atoms with Gasteiger partial charge in [0.15, 0.2) is 0 Å². The standard InChI is InChI=1S/C32H38F2N4O5/c1-5-21-24(17-39)38-16-26(21)42-28-22(13-19-10-9-18(15-35)12-23(19)36-28)32(33,34)11-7-6-8-20-14-25(20)43-30(41)37-27(29(38)40)31(2,3)4/h9-10,12-13,17,20-21,24-27H,5-8,11,14,16H2,1-4H3,(H,37,41)/t20-,21+,24-,25-,26+,27-/m1/s1. The van der Waals surface area contributed by atoms with E-state index in [1.807, 2.05) is 33.8 Å². The van der Waals surface area contributed by atoms with Crippen molar-refractivity contribution < 1.29 is 32.6 Å². The van der Waals surface area contributed by atoms with Crippen LogP contribution < -0.4 is 10.1 Å². The minimum atomic E-state index is -3.27. The van der Waals surface area contributed by atoms with Gasteiger partial charge in [-0.1, -0.05) is 40.2 Å². The number of hydrogen-bond acceptors (Lipinski definition) is 7. The highest BCUT2D eigenvalue weighted by atomic mass is 19.3. The summed E-state index contributed by atoms with van der Waals surface area (Å²) in [5.41, 5.74) is -0.422. The lowest BCUT2D eigenvalue weighted by molar-refractivity contribution is -0.139. The summed E-state index contributed by atoms with van der Waals surface area (Å²) in [7, 11) is 0. The van der Waals surface area contributed by atoms with Gasteiger partial charge in [-0.15, -0.1) is 0 Å². The van der Waals surface area contributed by atoms with E-state index in [0.29, 0.717) is 48.4 Å². The van der Waals surface area contributed by atoms with Crippen molar-refractivity contribution in [1.29, 1.82) is 5.26 Å². The van der Waals surface area contributed by atoms with Crippen molar-refractivity contribution in [2.45, 2.75) is 96.4 Å². The highest BCUT2D eigenvalue weighted by Crippen LogP contribution is 2.43. The number of rotatable bonds is 2. The number of aldehydes is 1. The molecule has 1 aromatic heterocycles. The molecule has 0 radical (unpaired) electrons. The smallest absolute Gasteiger partial charge is 0.408 e. The number of nitriles is 1. The fourth-order valence-electron chi connectivity index (χ4n) is 6.32. The van der Waals surface area contributed by atoms with Gasteiger partial charge in [0.2, 0.25) is 11.8 Å². The molecule has 1 saturated carbocycles. The van der Waals surface area contributed by atoms with E-state index in [9.17, 15) is 19.6 Å². The molecule has 2 aliphatic heterocycles. The lowest BCUT2D eigenvalue weighted by Gasteiger charge is -2.34. The summed E-state index contributed by atoms with van der Waals surface area (Å²) >= 11 is 0. The van der Waals surface area contributed by atoms with Crippen molar-refractivity contribution in [3.63, 3.8) is 0 Å². The summed E-state index contributed by atoms with van der Waals surface area (Å²) in [5.74, 6) is -4.44. The second-order valence-electron chi connectivity index (χ2n) is 13.0. The van der Waals surface area contributed by atoms with Crippen LogP contribution in [0.25, 0.3) is 10.9 Å². The van der Waals surface area contributed by atoms with E-state index in [1.165, 1.54) is 17.0 Å². The van der Waals surface area contributed by atoms with Crippen molar-refractivity contribution in [2.24, 2.45) is 17.3 Å². The number of fused-ring (bicyclic) bond motifs is 5. The second kappa shape index (κ2) is 11.7. The van der Waals surface area contributed by atoms with Gasteiger partial charge >= 0.3 is 6.09 Å². The van der Waals surface area contributed by atoms with Crippen LogP contribution in [0.2, 0.25) is 0 Å². The minimum absolute atomic E-state index is 0.0578. The van der Waals surface area contributed by atoms with Crippen molar-refractivity contribution >= 4 is 29.2 Å². The Labute approximate surface area is 249 Å². The zero-order valence-electron chi connectivity index (χ0n) is 24.9. The fourth-order valence-corrected chi connectivity index (χ4v) is 6.32. The molecule has 1 saturated heterocycles. The van der Waals surface area contributed by atoms with Crippen LogP contribution in [0.1, 0.15) is 77.3 Å². The number of alkyl halides is 2. The molecular weight excluding hydrogens is 558 g/mol. The predicted molar refractivity (Wildman–Crippen MR) is 153 cm³/mol. The van der Waals surface area contributed by atoms with E-state index in [1.54, 1.807) is 12.1 Å². The number of halogens is 2. The number of benzene rings is 1. The lowest BCUT2D eigenvalue weighted by Crippen LogP contribution is -2.56. The van der Waals surface area contributed by atoms with Gasteiger partial charge in [0.05, 0.1) is 35.3 Å². The summed E-state index contributed by atoms with van der Waals surface area (Å²) in [4.78, 5) is 45.1. The molecule has 0 spiro atoms. The molecule has 230 valence electrons. The van der Waals surface area contributed by atoms with Crippen LogP contribution in [0.15, 0.2) is 24.3 Å². The summed E-state index contributed by atoms with van der Waals surface area (Å²) in [5, 5.41) is 12.6. The summed E-state index contributed by atoms with van der Waals surface area (Å²) in [6.07, 6.45) is 0.888. The number of alkyl carbamates (subject to hydrolysis) is 1. The first-order valence-electron chi connectivity index (χ1n) is 15.0. The van der Waals surface area contributed by atoms with Gasteiger partial charge in [0.25, 0.3) is 5.92 Å². The molecule has 1 aliphatic carbocycles. The zero-order chi connectivity index (χ0) is 31.1. The number of ether oxygens (including phenoxy) is 2. The maximum absolute atomic E-state index is 15.9. The number of nitrogens with one attached hydrogen (secondary N) is 1. The van der Waals surface area contributed by atoms with Crippen molar-refractivity contribution in [3.8, 4) is 11.9 Å². The normalized spacial score (nSPS) is 29.6. The number of amides is 2. The molecular formula is C32H38F2N4O5. The SMILES string of the molecule is CC[C@@H]1[C@@H]2CN(C(=O)[C@H](C(C)(C)C)NC(=O)O[C@@H]3C[C@H]3CCCCC(F)(F)c3cc4ccc(C#N)cc4nc3O2)[C@@H]1C=O. The minimum Gasteiger partial charge on any atom is -0.472 e. The van der Waals surface area contributed by atoms with E-state index in [4.69, 9.17) is 9.47 Å². The zero-order valence-corrected chi connectivity index (χ0v) is 24.9. The quantitative estimate of drug-likeness (QED) is 0.456. The molecule has 2 aromatic rings. The third kappa shape index (κ3) is 6.29. The highest BCUT2D eigenvalue weighted by Gasteiger charge is 2.49. The van der Waals surface area contributed by atoms with E-state index in [-0.39, 0.29) is 36.4 Å². The molecule has 9 nitrogen and oxygen atoms in total. The van der Waals surface area contributed by atoms with Crippen LogP contribution in [0.4, 0.5) is 13.6 Å². The van der Waals surface area contributed by atoms with Gasteiger partial charge in [-0.2, -0.15) is 5.26 Å². The highest BCUT2D eigenvalue weighted by molar-refractivity contribution is 5.89. The largest absolute Gasteiger partial charge is 0.472 e. The van der Waals surface area contributed by atoms with Crippen LogP contribution in [0, 0.1) is 28.6 Å². The Kier molecular flexibility index (Phi) is 8.34. The fraction of sp³-hybridized carbons (Fsp3) is 0.594. The molecule has 2 amide bonds. The van der Waals surface area contributed by atoms with Gasteiger partial charge in [-0.25, -0.2) is 18.6 Å². The van der Waals surface area contributed by atoms with Gasteiger partial charge in [0.1, 0.15) is 24.5 Å². The topological polar surface area (TPSA) is 122 Å². The Morgan fingerprint density at radius 2 is 1.95 bits per heavy atom. The molecule has 1 N–H and O–H groups in total. The van der Waals surface area contributed by atoms with Gasteiger partial charge < -0.3 is 24.5 Å². The Bertz CT molecular complexity index is 1450. The molecule has 0 unspecified atom stereocenters. The third-order valence-corrected chi connectivity index (χ3v) is 8.92. The molecule has 6 atom stereocenters. The van der Waals surface area contributed by atoms with E-state index in [2.05, 4.69) is 10.3 Å². The summed E-state index contributed by atoms with van der Waals surface area (Å²) < 4.78 is 43.6. The first-order chi connectivity index (χ1) is 20.4. The molecule has 2 bridgehead atoms. The van der Waals surface area contributed by atoms with E-state index >= 15 is 8.78 Å². The van der Waals surface area contributed by atoms with Crippen molar-refractivity contribution in [1.82, 2.24) is 15.2 Å². The maximum Gasteiger partial charge on any atom is 0.408 e.